The Kier molecular flexibility index (Phi) is 8.41. The second-order valence-electron chi connectivity index (χ2n) is 10.5. The zero-order chi connectivity index (χ0) is 30.7. The number of nitrogens with zero attached hydrogens (tertiary/aromatic N) is 5. The van der Waals surface area contributed by atoms with Crippen molar-refractivity contribution in [1.29, 1.82) is 0 Å². The molecule has 0 spiro atoms. The second kappa shape index (κ2) is 12.2. The topological polar surface area (TPSA) is 144 Å². The van der Waals surface area contributed by atoms with Gasteiger partial charge < -0.3 is 34.9 Å². The molecule has 0 aliphatic carbocycles. The molecule has 4 heterocycles. The van der Waals surface area contributed by atoms with Gasteiger partial charge in [-0.15, -0.1) is 0 Å². The number of carbonyl (C=O) groups excluding carboxylic acids is 2. The highest BCUT2D eigenvalue weighted by Crippen LogP contribution is 2.35. The Morgan fingerprint density at radius 1 is 1.00 bits per heavy atom. The highest BCUT2D eigenvalue weighted by atomic mass is 19.4. The number of oxazole rings is 1. The smallest absolute Gasteiger partial charge is 0.437 e. The van der Waals surface area contributed by atoms with Crippen LogP contribution in [0.4, 0.5) is 41.2 Å². The number of aromatic carboxylic acids is 1. The van der Waals surface area contributed by atoms with E-state index in [-0.39, 0.29) is 29.2 Å². The average Bonchev–Trinajstić information content (AvgIpc) is 3.45. The van der Waals surface area contributed by atoms with Crippen molar-refractivity contribution in [2.24, 2.45) is 5.92 Å². The predicted molar refractivity (Wildman–Crippen MR) is 151 cm³/mol. The molecule has 1 unspecified atom stereocenters. The van der Waals surface area contributed by atoms with Crippen molar-refractivity contribution in [1.82, 2.24) is 14.9 Å². The number of hydrogen-bond donors (Lipinski definition) is 3. The molecule has 2 fully saturated rings. The first-order chi connectivity index (χ1) is 20.5. The number of rotatable bonds is 6. The van der Waals surface area contributed by atoms with Gasteiger partial charge in [-0.05, 0) is 49.1 Å². The third-order valence-corrected chi connectivity index (χ3v) is 7.28. The molecule has 3 amide bonds. The lowest BCUT2D eigenvalue weighted by Crippen LogP contribution is -2.50. The fourth-order valence-electron chi connectivity index (χ4n) is 5.06. The minimum absolute atomic E-state index is 0.0619. The Bertz CT molecular complexity index is 1490. The van der Waals surface area contributed by atoms with Crippen LogP contribution >= 0.6 is 0 Å². The number of anilines is 4. The number of nitrogens with one attached hydrogen (secondary N) is 2. The van der Waals surface area contributed by atoms with Crippen LogP contribution in [0.1, 0.15) is 46.4 Å². The molecule has 228 valence electrons. The first-order valence-corrected chi connectivity index (χ1v) is 13.7. The van der Waals surface area contributed by atoms with Crippen molar-refractivity contribution < 1.29 is 37.1 Å². The van der Waals surface area contributed by atoms with Crippen molar-refractivity contribution in [3.05, 3.63) is 59.6 Å². The van der Waals surface area contributed by atoms with Crippen molar-refractivity contribution in [3.63, 3.8) is 0 Å². The zero-order valence-electron chi connectivity index (χ0n) is 23.2. The normalized spacial score (nSPS) is 17.5. The molecule has 0 bridgehead atoms. The van der Waals surface area contributed by atoms with E-state index in [9.17, 15) is 27.6 Å². The van der Waals surface area contributed by atoms with Gasteiger partial charge in [0.15, 0.2) is 5.69 Å². The van der Waals surface area contributed by atoms with E-state index >= 15 is 0 Å². The molecule has 43 heavy (non-hydrogen) atoms. The van der Waals surface area contributed by atoms with Crippen LogP contribution in [0.3, 0.4) is 0 Å². The number of hydrogen-bond acceptors (Lipinski definition) is 8. The number of urea groups is 1. The summed E-state index contributed by atoms with van der Waals surface area (Å²) in [5.41, 5.74) is -0.768. The molecule has 1 aromatic carbocycles. The van der Waals surface area contributed by atoms with Crippen LogP contribution in [0.5, 0.6) is 0 Å². The average molecular weight is 602 g/mol. The van der Waals surface area contributed by atoms with Gasteiger partial charge >= 0.3 is 18.2 Å². The summed E-state index contributed by atoms with van der Waals surface area (Å²) in [6, 6.07) is 8.51. The summed E-state index contributed by atoms with van der Waals surface area (Å²) < 4.78 is 46.5. The number of carboxylic acid groups (broad SMARTS) is 1. The first kappa shape index (κ1) is 29.7. The lowest BCUT2D eigenvalue weighted by molar-refractivity contribution is -0.141. The Morgan fingerprint density at radius 3 is 2.42 bits per heavy atom. The van der Waals surface area contributed by atoms with Gasteiger partial charge in [-0.1, -0.05) is 13.0 Å². The van der Waals surface area contributed by atoms with Crippen molar-refractivity contribution in [2.75, 3.05) is 59.7 Å². The Hall–Kier alpha value is -4.82. The molecule has 2 aliphatic heterocycles. The summed E-state index contributed by atoms with van der Waals surface area (Å²) in [7, 11) is 0. The van der Waals surface area contributed by atoms with E-state index in [0.29, 0.717) is 50.8 Å². The maximum Gasteiger partial charge on any atom is 0.437 e. The third kappa shape index (κ3) is 6.98. The number of aromatic nitrogens is 2. The molecule has 3 aromatic rings. The highest BCUT2D eigenvalue weighted by molar-refractivity contribution is 6.03. The van der Waals surface area contributed by atoms with Crippen LogP contribution in [0.25, 0.3) is 0 Å². The van der Waals surface area contributed by atoms with E-state index in [2.05, 4.69) is 20.6 Å². The van der Waals surface area contributed by atoms with E-state index in [1.807, 2.05) is 11.8 Å². The number of piperazine rings is 1. The van der Waals surface area contributed by atoms with E-state index in [4.69, 9.17) is 9.52 Å². The van der Waals surface area contributed by atoms with Crippen LogP contribution < -0.4 is 20.4 Å². The minimum Gasteiger partial charge on any atom is -0.478 e. The van der Waals surface area contributed by atoms with E-state index in [0.717, 1.165) is 12.8 Å². The SMILES string of the molecule is CC1CCCN(c2nc(C(F)(F)F)c(C(=O)Nc3ccc(N4CCN(C(=O)Nc5cccc(C(=O)O)c5)CC4)nc3)o2)C1. The maximum atomic E-state index is 13.7. The quantitative estimate of drug-likeness (QED) is 0.368. The van der Waals surface area contributed by atoms with Gasteiger partial charge in [0.2, 0.25) is 5.76 Å². The molecule has 2 aromatic heterocycles. The van der Waals surface area contributed by atoms with Gasteiger partial charge in [0.25, 0.3) is 11.9 Å². The van der Waals surface area contributed by atoms with Crippen molar-refractivity contribution >= 4 is 41.1 Å². The number of amides is 3. The van der Waals surface area contributed by atoms with Crippen molar-refractivity contribution in [2.45, 2.75) is 25.9 Å². The van der Waals surface area contributed by atoms with Crippen LogP contribution in [0.2, 0.25) is 0 Å². The molecule has 1 atom stereocenters. The molecule has 2 aliphatic rings. The number of carboxylic acids is 1. The molecule has 12 nitrogen and oxygen atoms in total. The van der Waals surface area contributed by atoms with Crippen LogP contribution in [-0.4, -0.2) is 77.2 Å². The lowest BCUT2D eigenvalue weighted by atomic mass is 10.0. The van der Waals surface area contributed by atoms with Crippen LogP contribution in [0, 0.1) is 5.92 Å². The zero-order valence-corrected chi connectivity index (χ0v) is 23.2. The lowest BCUT2D eigenvalue weighted by Gasteiger charge is -2.35. The van der Waals surface area contributed by atoms with Gasteiger partial charge in [0.05, 0.1) is 17.4 Å². The fourth-order valence-corrected chi connectivity index (χ4v) is 5.06. The Labute approximate surface area is 244 Å². The summed E-state index contributed by atoms with van der Waals surface area (Å²) in [5.74, 6) is -2.26. The van der Waals surface area contributed by atoms with E-state index < -0.39 is 29.5 Å². The Balaban J connectivity index is 1.18. The van der Waals surface area contributed by atoms with Gasteiger partial charge in [0, 0.05) is 45.0 Å². The molecular formula is C28H30F3N7O5. The number of carbonyl (C=O) groups is 3. The summed E-state index contributed by atoms with van der Waals surface area (Å²) in [6.45, 7) is 4.62. The van der Waals surface area contributed by atoms with Crippen molar-refractivity contribution in [3.8, 4) is 0 Å². The Morgan fingerprint density at radius 2 is 1.77 bits per heavy atom. The molecule has 3 N–H and O–H groups in total. The molecule has 0 radical (unpaired) electrons. The number of alkyl halides is 3. The van der Waals surface area contributed by atoms with E-state index in [1.165, 1.54) is 24.4 Å². The van der Waals surface area contributed by atoms with Crippen LogP contribution in [0.15, 0.2) is 47.0 Å². The molecule has 5 rings (SSSR count). The minimum atomic E-state index is -4.88. The summed E-state index contributed by atoms with van der Waals surface area (Å²) >= 11 is 0. The molecule has 2 saturated heterocycles. The van der Waals surface area contributed by atoms with Gasteiger partial charge in [0.1, 0.15) is 5.82 Å². The van der Waals surface area contributed by atoms with E-state index in [1.54, 1.807) is 28.0 Å². The molecule has 15 heteroatoms. The van der Waals surface area contributed by atoms with Crippen LogP contribution in [-0.2, 0) is 6.18 Å². The number of pyridine rings is 1. The predicted octanol–water partition coefficient (Wildman–Crippen LogP) is 4.63. The standard InChI is InChI=1S/C28H30F3N7O5/c1-17-4-3-9-38(16-17)27-35-23(28(29,30)31)22(43-27)24(39)33-20-7-8-21(32-15-20)36-10-12-37(13-11-36)26(42)34-19-6-2-5-18(14-19)25(40)41/h2,5-8,14-15,17H,3-4,9-13,16H2,1H3,(H,33,39)(H,34,42)(H,40,41). The van der Waals surface area contributed by atoms with Gasteiger partial charge in [-0.2, -0.15) is 18.2 Å². The monoisotopic (exact) mass is 601 g/mol. The largest absolute Gasteiger partial charge is 0.478 e. The summed E-state index contributed by atoms with van der Waals surface area (Å²) in [5, 5.41) is 14.2. The first-order valence-electron chi connectivity index (χ1n) is 13.7. The highest BCUT2D eigenvalue weighted by Gasteiger charge is 2.42. The molecule has 0 saturated carbocycles. The summed E-state index contributed by atoms with van der Waals surface area (Å²) in [6.07, 6.45) is -1.80. The number of piperidine rings is 1. The molecular weight excluding hydrogens is 571 g/mol. The van der Waals surface area contributed by atoms with Gasteiger partial charge in [-0.3, -0.25) is 4.79 Å². The number of benzene rings is 1. The second-order valence-corrected chi connectivity index (χ2v) is 10.5. The third-order valence-electron chi connectivity index (χ3n) is 7.28. The maximum absolute atomic E-state index is 13.7. The van der Waals surface area contributed by atoms with Gasteiger partial charge in [-0.25, -0.2) is 14.6 Å². The summed E-state index contributed by atoms with van der Waals surface area (Å²) in [4.78, 5) is 49.7. The number of halogens is 3. The fraction of sp³-hybridized carbons (Fsp3) is 0.393.